The summed E-state index contributed by atoms with van der Waals surface area (Å²) in [7, 11) is 0. The summed E-state index contributed by atoms with van der Waals surface area (Å²) in [5.41, 5.74) is 0.571. The summed E-state index contributed by atoms with van der Waals surface area (Å²) >= 11 is 0. The Morgan fingerprint density at radius 2 is 1.79 bits per heavy atom. The first-order valence-corrected chi connectivity index (χ1v) is 8.34. The van der Waals surface area contributed by atoms with E-state index < -0.39 is 0 Å². The monoisotopic (exact) mass is 267 g/mol. The molecule has 1 saturated heterocycles. The first kappa shape index (κ1) is 15.3. The molecule has 1 N–H and O–H groups in total. The van der Waals surface area contributed by atoms with Crippen molar-refractivity contribution in [3.63, 3.8) is 0 Å². The molecule has 2 fully saturated rings. The molecule has 1 aliphatic carbocycles. The van der Waals surface area contributed by atoms with Gasteiger partial charge in [0, 0.05) is 12.5 Å². The fraction of sp³-hybridized carbons (Fsp3) is 1.00. The van der Waals surface area contributed by atoms with Gasteiger partial charge in [-0.2, -0.15) is 0 Å². The van der Waals surface area contributed by atoms with Gasteiger partial charge in [-0.15, -0.1) is 0 Å². The maximum atomic E-state index is 10.4. The average Bonchev–Trinajstić information content (AvgIpc) is 2.36. The van der Waals surface area contributed by atoms with E-state index in [1.54, 1.807) is 0 Å². The molecule has 4 atom stereocenters. The van der Waals surface area contributed by atoms with Crippen molar-refractivity contribution in [2.45, 2.75) is 65.9 Å². The third-order valence-corrected chi connectivity index (χ3v) is 6.03. The van der Waals surface area contributed by atoms with Crippen LogP contribution in [-0.4, -0.2) is 35.7 Å². The maximum absolute atomic E-state index is 10.4. The first-order valence-electron chi connectivity index (χ1n) is 8.34. The summed E-state index contributed by atoms with van der Waals surface area (Å²) < 4.78 is 0. The van der Waals surface area contributed by atoms with Gasteiger partial charge in [0.15, 0.2) is 0 Å². The summed E-state index contributed by atoms with van der Waals surface area (Å²) in [5.74, 6) is 1.88. The lowest BCUT2D eigenvalue weighted by Crippen LogP contribution is -2.46. The molecule has 2 nitrogen and oxygen atoms in total. The molecule has 2 rings (SSSR count). The normalized spacial score (nSPS) is 40.3. The van der Waals surface area contributed by atoms with Gasteiger partial charge in [0.1, 0.15) is 0 Å². The van der Waals surface area contributed by atoms with Crippen LogP contribution in [0.1, 0.15) is 59.8 Å². The van der Waals surface area contributed by atoms with E-state index in [-0.39, 0.29) is 6.10 Å². The Bertz CT molecular complexity index is 271. The highest BCUT2D eigenvalue weighted by atomic mass is 16.3. The highest BCUT2D eigenvalue weighted by Gasteiger charge is 2.35. The number of hydrogen-bond donors (Lipinski definition) is 1. The first-order chi connectivity index (χ1) is 8.93. The minimum atomic E-state index is -0.0711. The average molecular weight is 267 g/mol. The van der Waals surface area contributed by atoms with E-state index in [9.17, 15) is 5.11 Å². The second kappa shape index (κ2) is 6.13. The standard InChI is InChI=1S/C17H33NO/c1-5-17(4)6-8-18(9-7-17)12-15-14(3)10-13(2)11-16(15)19/h13-16,19H,5-12H2,1-4H3. The van der Waals surface area contributed by atoms with Crippen LogP contribution in [0.2, 0.25) is 0 Å². The molecule has 4 unspecified atom stereocenters. The molecule has 1 saturated carbocycles. The Kier molecular flexibility index (Phi) is 4.94. The van der Waals surface area contributed by atoms with Crippen molar-refractivity contribution in [3.8, 4) is 0 Å². The van der Waals surface area contributed by atoms with Crippen molar-refractivity contribution in [2.24, 2.45) is 23.2 Å². The maximum Gasteiger partial charge on any atom is 0.0585 e. The van der Waals surface area contributed by atoms with Crippen molar-refractivity contribution in [3.05, 3.63) is 0 Å². The Morgan fingerprint density at radius 1 is 1.16 bits per heavy atom. The second-order valence-electron chi connectivity index (χ2n) is 7.75. The van der Waals surface area contributed by atoms with Crippen LogP contribution in [0.5, 0.6) is 0 Å². The lowest BCUT2D eigenvalue weighted by atomic mass is 9.73. The smallest absolute Gasteiger partial charge is 0.0585 e. The lowest BCUT2D eigenvalue weighted by Gasteiger charge is -2.43. The van der Waals surface area contributed by atoms with Crippen molar-refractivity contribution < 1.29 is 5.11 Å². The van der Waals surface area contributed by atoms with Crippen LogP contribution in [-0.2, 0) is 0 Å². The summed E-state index contributed by atoms with van der Waals surface area (Å²) in [5, 5.41) is 10.4. The summed E-state index contributed by atoms with van der Waals surface area (Å²) in [4.78, 5) is 2.61. The summed E-state index contributed by atoms with van der Waals surface area (Å²) in [6, 6.07) is 0. The third kappa shape index (κ3) is 3.72. The molecule has 19 heavy (non-hydrogen) atoms. The van der Waals surface area contributed by atoms with Crippen LogP contribution in [0, 0.1) is 23.2 Å². The third-order valence-electron chi connectivity index (χ3n) is 6.03. The fourth-order valence-electron chi connectivity index (χ4n) is 4.10. The van der Waals surface area contributed by atoms with Gasteiger partial charge in [-0.05, 0) is 56.0 Å². The SMILES string of the molecule is CCC1(C)CCN(CC2C(C)CC(C)CC2O)CC1. The van der Waals surface area contributed by atoms with Crippen LogP contribution in [0.15, 0.2) is 0 Å². The summed E-state index contributed by atoms with van der Waals surface area (Å²) in [6.07, 6.45) is 6.20. The number of rotatable bonds is 3. The largest absolute Gasteiger partial charge is 0.393 e. The van der Waals surface area contributed by atoms with Gasteiger partial charge in [-0.3, -0.25) is 0 Å². The molecular formula is C17H33NO. The van der Waals surface area contributed by atoms with Gasteiger partial charge in [-0.25, -0.2) is 0 Å². The molecule has 0 aromatic heterocycles. The number of hydrogen-bond acceptors (Lipinski definition) is 2. The quantitative estimate of drug-likeness (QED) is 0.845. The van der Waals surface area contributed by atoms with Crippen LogP contribution in [0.25, 0.3) is 0 Å². The van der Waals surface area contributed by atoms with Crippen LogP contribution in [0.3, 0.4) is 0 Å². The number of nitrogens with zero attached hydrogens (tertiary/aromatic N) is 1. The Labute approximate surface area is 119 Å². The van der Waals surface area contributed by atoms with Gasteiger partial charge in [0.25, 0.3) is 0 Å². The van der Waals surface area contributed by atoms with Crippen molar-refractivity contribution in [2.75, 3.05) is 19.6 Å². The number of aliphatic hydroxyl groups is 1. The topological polar surface area (TPSA) is 23.5 Å². The molecule has 2 heteroatoms. The zero-order valence-corrected chi connectivity index (χ0v) is 13.4. The van der Waals surface area contributed by atoms with Gasteiger partial charge in [0.2, 0.25) is 0 Å². The molecule has 0 amide bonds. The Balaban J connectivity index is 1.85. The van der Waals surface area contributed by atoms with E-state index in [1.165, 1.54) is 38.8 Å². The van der Waals surface area contributed by atoms with Gasteiger partial charge < -0.3 is 10.0 Å². The molecule has 2 aliphatic rings. The van der Waals surface area contributed by atoms with Crippen molar-refractivity contribution >= 4 is 0 Å². The summed E-state index contributed by atoms with van der Waals surface area (Å²) in [6.45, 7) is 13.0. The van der Waals surface area contributed by atoms with Gasteiger partial charge >= 0.3 is 0 Å². The molecule has 0 aromatic rings. The predicted molar refractivity (Wildman–Crippen MR) is 81.1 cm³/mol. The van der Waals surface area contributed by atoms with Gasteiger partial charge in [0.05, 0.1) is 6.10 Å². The van der Waals surface area contributed by atoms with E-state index >= 15 is 0 Å². The second-order valence-corrected chi connectivity index (χ2v) is 7.75. The highest BCUT2D eigenvalue weighted by molar-refractivity contribution is 4.87. The lowest BCUT2D eigenvalue weighted by molar-refractivity contribution is -0.0120. The Hall–Kier alpha value is -0.0800. The highest BCUT2D eigenvalue weighted by Crippen LogP contribution is 2.37. The van der Waals surface area contributed by atoms with Crippen molar-refractivity contribution in [1.82, 2.24) is 4.90 Å². The molecule has 0 spiro atoms. The molecule has 112 valence electrons. The van der Waals surface area contributed by atoms with E-state index in [0.717, 1.165) is 13.0 Å². The molecule has 0 bridgehead atoms. The van der Waals surface area contributed by atoms with E-state index in [0.29, 0.717) is 23.2 Å². The molecular weight excluding hydrogens is 234 g/mol. The van der Waals surface area contributed by atoms with Crippen LogP contribution < -0.4 is 0 Å². The van der Waals surface area contributed by atoms with E-state index in [2.05, 4.69) is 32.6 Å². The van der Waals surface area contributed by atoms with Crippen LogP contribution >= 0.6 is 0 Å². The van der Waals surface area contributed by atoms with E-state index in [1.807, 2.05) is 0 Å². The Morgan fingerprint density at radius 3 is 2.32 bits per heavy atom. The molecule has 0 aromatic carbocycles. The molecule has 1 heterocycles. The number of likely N-dealkylation sites (tertiary alicyclic amines) is 1. The minimum absolute atomic E-state index is 0.0711. The molecule has 1 aliphatic heterocycles. The van der Waals surface area contributed by atoms with Gasteiger partial charge in [-0.1, -0.05) is 34.1 Å². The molecule has 0 radical (unpaired) electrons. The predicted octanol–water partition coefficient (Wildman–Crippen LogP) is 3.54. The van der Waals surface area contributed by atoms with E-state index in [4.69, 9.17) is 0 Å². The minimum Gasteiger partial charge on any atom is -0.393 e. The van der Waals surface area contributed by atoms with Crippen molar-refractivity contribution in [1.29, 1.82) is 0 Å². The number of aliphatic hydroxyl groups excluding tert-OH is 1. The zero-order valence-electron chi connectivity index (χ0n) is 13.4. The van der Waals surface area contributed by atoms with Crippen LogP contribution in [0.4, 0.5) is 0 Å². The zero-order chi connectivity index (χ0) is 14.0. The fourth-order valence-corrected chi connectivity index (χ4v) is 4.10. The number of piperidine rings is 1.